The van der Waals surface area contributed by atoms with Gasteiger partial charge in [-0.25, -0.2) is 0 Å². The van der Waals surface area contributed by atoms with E-state index in [9.17, 15) is 36.9 Å². The summed E-state index contributed by atoms with van der Waals surface area (Å²) < 4.78 is 85.2. The van der Waals surface area contributed by atoms with Gasteiger partial charge in [0.05, 0.1) is 10.7 Å². The molecule has 48 heavy (non-hydrogen) atoms. The van der Waals surface area contributed by atoms with Gasteiger partial charge in [-0.3, -0.25) is 0 Å². The average molecular weight is 651 g/mol. The Morgan fingerprint density at radius 2 is 0.812 bits per heavy atom. The fourth-order valence-electron chi connectivity index (χ4n) is 6.12. The molecule has 0 amide bonds. The van der Waals surface area contributed by atoms with E-state index in [1.165, 1.54) is 36.4 Å². The fraction of sp³-hybridized carbons (Fsp3) is 0.0556. The minimum Gasteiger partial charge on any atom is -0.406 e. The van der Waals surface area contributed by atoms with Crippen LogP contribution in [0.1, 0.15) is 0 Å². The quantitative estimate of drug-likeness (QED) is 0.140. The lowest BCUT2D eigenvalue weighted by molar-refractivity contribution is -0.275. The Morgan fingerprint density at radius 1 is 0.438 bits per heavy atom. The summed E-state index contributed by atoms with van der Waals surface area (Å²) in [6.07, 6.45) is -6.02. The van der Waals surface area contributed by atoms with Crippen LogP contribution < -0.4 is 20.2 Å². The Labute approximate surface area is 266 Å². The van der Waals surface area contributed by atoms with Gasteiger partial charge in [0.2, 0.25) is 12.4 Å². The van der Waals surface area contributed by atoms with Gasteiger partial charge in [0.1, 0.15) is 11.5 Å². The molecule has 6 nitrogen and oxygen atoms in total. The van der Waals surface area contributed by atoms with Gasteiger partial charge in [-0.1, -0.05) is 48.5 Å². The first-order valence-corrected chi connectivity index (χ1v) is 14.1. The number of hydrogen-bond donors (Lipinski definition) is 0. The number of ether oxygens (including phenoxy) is 2. The van der Waals surface area contributed by atoms with Crippen molar-refractivity contribution in [1.82, 2.24) is 0 Å². The van der Waals surface area contributed by atoms with Crippen LogP contribution in [0.3, 0.4) is 0 Å². The molecule has 0 unspecified atom stereocenters. The zero-order chi connectivity index (χ0) is 33.8. The summed E-state index contributed by atoms with van der Waals surface area (Å²) in [6, 6.07) is 25.3. The van der Waals surface area contributed by atoms with Crippen molar-refractivity contribution in [2.75, 3.05) is 0 Å². The molecule has 0 bridgehead atoms. The largest absolute Gasteiger partial charge is 0.573 e. The van der Waals surface area contributed by atoms with E-state index in [0.29, 0.717) is 76.1 Å². The van der Waals surface area contributed by atoms with Crippen LogP contribution in [-0.4, -0.2) is 12.7 Å². The number of nitrogens with zero attached hydrogens (tertiary/aromatic N) is 4. The number of alkyl halides is 6. The van der Waals surface area contributed by atoms with E-state index in [-0.39, 0.29) is 11.5 Å². The number of nitriles is 2. The summed E-state index contributed by atoms with van der Waals surface area (Å²) >= 11 is 0. The summed E-state index contributed by atoms with van der Waals surface area (Å²) in [4.78, 5) is 8.21. The molecule has 0 radical (unpaired) electrons. The van der Waals surface area contributed by atoms with Crippen LogP contribution in [0.15, 0.2) is 107 Å². The van der Waals surface area contributed by atoms with E-state index < -0.39 is 12.7 Å². The molecule has 0 saturated heterocycles. The Morgan fingerprint density at radius 3 is 1.19 bits per heavy atom. The first kappa shape index (κ1) is 30.3. The molecule has 0 aliphatic rings. The first-order chi connectivity index (χ1) is 22.9. The molecule has 12 heteroatoms. The third-order valence-electron chi connectivity index (χ3n) is 7.92. The van der Waals surface area contributed by atoms with Gasteiger partial charge in [0.25, 0.3) is 0 Å². The Balaban J connectivity index is 1.43. The van der Waals surface area contributed by atoms with Crippen LogP contribution >= 0.6 is 0 Å². The summed E-state index contributed by atoms with van der Waals surface area (Å²) in [6.45, 7) is 0. The third kappa shape index (κ3) is 5.50. The number of halogens is 6. The summed E-state index contributed by atoms with van der Waals surface area (Å²) in [5.41, 5.74) is 2.05. The van der Waals surface area contributed by atoms with Crippen molar-refractivity contribution in [2.24, 2.45) is 9.98 Å². The van der Waals surface area contributed by atoms with E-state index in [4.69, 9.17) is 0 Å². The molecule has 0 aliphatic heterocycles. The van der Waals surface area contributed by atoms with Gasteiger partial charge in [-0.15, -0.1) is 26.3 Å². The molecule has 0 atom stereocenters. The fourth-order valence-corrected chi connectivity index (χ4v) is 6.12. The average Bonchev–Trinajstić information content (AvgIpc) is 3.50. The van der Waals surface area contributed by atoms with Crippen molar-refractivity contribution < 1.29 is 35.8 Å². The highest BCUT2D eigenvalue weighted by molar-refractivity contribution is 6.21. The lowest BCUT2D eigenvalue weighted by Crippen LogP contribution is -2.17. The van der Waals surface area contributed by atoms with E-state index in [2.05, 4.69) is 19.5 Å². The van der Waals surface area contributed by atoms with Crippen molar-refractivity contribution in [3.63, 3.8) is 0 Å². The molecular formula is C36H16F6N4O2. The highest BCUT2D eigenvalue weighted by Crippen LogP contribution is 2.37. The van der Waals surface area contributed by atoms with Gasteiger partial charge < -0.3 is 9.47 Å². The number of hydrogen-bond acceptors (Lipinski definition) is 6. The Hall–Kier alpha value is -6.40. The van der Waals surface area contributed by atoms with Gasteiger partial charge in [0, 0.05) is 21.5 Å². The number of benzene rings is 5. The molecule has 0 heterocycles. The van der Waals surface area contributed by atoms with Crippen LogP contribution in [0.25, 0.3) is 65.3 Å². The lowest BCUT2D eigenvalue weighted by Gasteiger charge is -2.10. The molecule has 0 aliphatic carbocycles. The monoisotopic (exact) mass is 650 g/mol. The number of rotatable bonds is 4. The molecule has 234 valence electrons. The van der Waals surface area contributed by atoms with Crippen molar-refractivity contribution >= 4 is 43.1 Å². The van der Waals surface area contributed by atoms with Gasteiger partial charge >= 0.3 is 12.7 Å². The molecule has 7 aromatic carbocycles. The minimum absolute atomic E-state index is 0.361. The number of fused-ring (bicyclic) bond motifs is 6. The lowest BCUT2D eigenvalue weighted by atomic mass is 10.0. The summed E-state index contributed by atoms with van der Waals surface area (Å²) in [5, 5.41) is 25.2. The molecule has 0 N–H and O–H groups in total. The van der Waals surface area contributed by atoms with E-state index in [1.54, 1.807) is 48.5 Å². The highest BCUT2D eigenvalue weighted by Gasteiger charge is 2.32. The minimum atomic E-state index is -4.85. The van der Waals surface area contributed by atoms with Crippen LogP contribution in [-0.2, 0) is 0 Å². The SMILES string of the molecule is N#C/N=c1\c2cc(-c3cccc(OC(F)(F)F)c3)ccc2c2cc3/c(=N/C#N)c4cc(-c5cccc(OC(F)(F)F)c5)ccc4c3cc12. The molecule has 7 aromatic rings. The van der Waals surface area contributed by atoms with Crippen LogP contribution in [0.2, 0.25) is 0 Å². The van der Waals surface area contributed by atoms with Crippen LogP contribution in [0.5, 0.6) is 11.5 Å². The smallest absolute Gasteiger partial charge is 0.406 e. The van der Waals surface area contributed by atoms with Crippen molar-refractivity contribution in [3.8, 4) is 46.1 Å². The van der Waals surface area contributed by atoms with Gasteiger partial charge in [-0.05, 0) is 92.3 Å². The molecule has 0 aromatic heterocycles. The second-order valence-corrected chi connectivity index (χ2v) is 10.7. The molecule has 7 rings (SSSR count). The van der Waals surface area contributed by atoms with E-state index in [1.807, 2.05) is 24.5 Å². The Kier molecular flexibility index (Phi) is 7.02. The second-order valence-electron chi connectivity index (χ2n) is 10.7. The van der Waals surface area contributed by atoms with E-state index >= 15 is 0 Å². The normalized spacial score (nSPS) is 13.0. The predicted octanol–water partition coefficient (Wildman–Crippen LogP) is 9.07. The van der Waals surface area contributed by atoms with Crippen molar-refractivity contribution in [1.29, 1.82) is 10.5 Å². The van der Waals surface area contributed by atoms with Gasteiger partial charge in [0.15, 0.2) is 0 Å². The molecule has 0 spiro atoms. The standard InChI is InChI=1S/C36H16F6N4O2/c37-35(38,39)47-23-5-1-3-19(11-23)21-7-9-25-27-15-32-28(16-31(27)33(45-17-43)29(25)13-21)26-10-8-22(14-30(26)34(32)46-18-44)20-4-2-6-24(12-20)48-36(40,41)42/h1-16H/b45-33+,46-34+. The maximum atomic E-state index is 12.8. The zero-order valence-electron chi connectivity index (χ0n) is 24.1. The highest BCUT2D eigenvalue weighted by atomic mass is 19.4. The maximum Gasteiger partial charge on any atom is 0.573 e. The van der Waals surface area contributed by atoms with E-state index in [0.717, 1.165) is 0 Å². The third-order valence-corrected chi connectivity index (χ3v) is 7.92. The summed E-state index contributed by atoms with van der Waals surface area (Å²) in [5.74, 6) is -0.751. The van der Waals surface area contributed by atoms with Crippen molar-refractivity contribution in [3.05, 3.63) is 108 Å². The van der Waals surface area contributed by atoms with Crippen LogP contribution in [0.4, 0.5) is 26.3 Å². The molecule has 0 saturated carbocycles. The first-order valence-electron chi connectivity index (χ1n) is 14.1. The van der Waals surface area contributed by atoms with Gasteiger partial charge in [-0.2, -0.15) is 20.5 Å². The second kappa shape index (κ2) is 11.1. The molecule has 0 fully saturated rings. The topological polar surface area (TPSA) is 90.8 Å². The Bertz CT molecular complexity index is 2450. The van der Waals surface area contributed by atoms with Crippen LogP contribution in [0, 0.1) is 22.9 Å². The maximum absolute atomic E-state index is 12.8. The molecular weight excluding hydrogens is 634 g/mol. The predicted molar refractivity (Wildman–Crippen MR) is 165 cm³/mol. The van der Waals surface area contributed by atoms with Crippen molar-refractivity contribution in [2.45, 2.75) is 12.7 Å². The summed E-state index contributed by atoms with van der Waals surface area (Å²) in [7, 11) is 0. The zero-order valence-corrected chi connectivity index (χ0v) is 24.1.